The van der Waals surface area contributed by atoms with E-state index in [2.05, 4.69) is 16.8 Å². The fourth-order valence-corrected chi connectivity index (χ4v) is 4.13. The molecular weight excluding hydrogens is 388 g/mol. The normalized spacial score (nSPS) is 16.1. The van der Waals surface area contributed by atoms with E-state index in [9.17, 15) is 9.59 Å². The fraction of sp³-hybridized carbons (Fsp3) is 0.318. The Balaban J connectivity index is 1.40. The van der Waals surface area contributed by atoms with Crippen LogP contribution in [0.5, 0.6) is 0 Å². The zero-order chi connectivity index (χ0) is 20.4. The number of halogens is 1. The number of rotatable bonds is 4. The van der Waals surface area contributed by atoms with Gasteiger partial charge >= 0.3 is 0 Å². The number of fused-ring (bicyclic) bond motifs is 1. The van der Waals surface area contributed by atoms with Crippen LogP contribution in [0.1, 0.15) is 18.5 Å². The van der Waals surface area contributed by atoms with Gasteiger partial charge in [-0.15, -0.1) is 0 Å². The highest BCUT2D eigenvalue weighted by Gasteiger charge is 2.25. The number of hydrogen-bond donors (Lipinski definition) is 0. The standard InChI is InChI=1S/C22H23ClN4O2/c1-16(17-6-2-4-8-19(17)23)25-10-12-26(13-11-25)21(28)14-27-15-24-20-9-5-3-7-18(20)22(27)29/h2-9,15-16H,10-14H2,1H3. The molecule has 0 spiro atoms. The van der Waals surface area contributed by atoms with Crippen LogP contribution in [0.2, 0.25) is 5.02 Å². The van der Waals surface area contributed by atoms with Gasteiger partial charge in [-0.1, -0.05) is 41.9 Å². The number of carbonyl (C=O) groups is 1. The second-order valence-corrected chi connectivity index (χ2v) is 7.72. The van der Waals surface area contributed by atoms with Crippen LogP contribution < -0.4 is 5.56 Å². The first-order valence-electron chi connectivity index (χ1n) is 9.75. The Morgan fingerprint density at radius 3 is 2.52 bits per heavy atom. The number of amides is 1. The third-order valence-corrected chi connectivity index (χ3v) is 5.95. The lowest BCUT2D eigenvalue weighted by Crippen LogP contribution is -2.50. The van der Waals surface area contributed by atoms with Gasteiger partial charge in [0, 0.05) is 37.2 Å². The van der Waals surface area contributed by atoms with Crippen LogP contribution in [0.15, 0.2) is 59.7 Å². The van der Waals surface area contributed by atoms with E-state index in [0.29, 0.717) is 24.0 Å². The second-order valence-electron chi connectivity index (χ2n) is 7.31. The smallest absolute Gasteiger partial charge is 0.261 e. The third kappa shape index (κ3) is 4.04. The summed E-state index contributed by atoms with van der Waals surface area (Å²) in [7, 11) is 0. The molecule has 6 nitrogen and oxygen atoms in total. The van der Waals surface area contributed by atoms with Gasteiger partial charge < -0.3 is 4.90 Å². The van der Waals surface area contributed by atoms with Crippen molar-refractivity contribution >= 4 is 28.4 Å². The van der Waals surface area contributed by atoms with Crippen molar-refractivity contribution in [3.05, 3.63) is 75.8 Å². The first-order valence-corrected chi connectivity index (χ1v) is 10.1. The van der Waals surface area contributed by atoms with Crippen molar-refractivity contribution in [1.29, 1.82) is 0 Å². The summed E-state index contributed by atoms with van der Waals surface area (Å²) in [6, 6.07) is 15.2. The number of hydrogen-bond acceptors (Lipinski definition) is 4. The Labute approximate surface area is 174 Å². The van der Waals surface area contributed by atoms with Gasteiger partial charge in [0.15, 0.2) is 0 Å². The molecule has 150 valence electrons. The van der Waals surface area contributed by atoms with E-state index in [1.165, 1.54) is 10.9 Å². The monoisotopic (exact) mass is 410 g/mol. The first-order chi connectivity index (χ1) is 14.0. The van der Waals surface area contributed by atoms with Gasteiger partial charge in [-0.2, -0.15) is 0 Å². The Kier molecular flexibility index (Phi) is 5.65. The Morgan fingerprint density at radius 1 is 1.07 bits per heavy atom. The highest BCUT2D eigenvalue weighted by atomic mass is 35.5. The lowest BCUT2D eigenvalue weighted by Gasteiger charge is -2.38. The molecule has 0 bridgehead atoms. The Morgan fingerprint density at radius 2 is 1.76 bits per heavy atom. The lowest BCUT2D eigenvalue weighted by atomic mass is 10.1. The summed E-state index contributed by atoms with van der Waals surface area (Å²) in [6.07, 6.45) is 1.46. The maximum Gasteiger partial charge on any atom is 0.261 e. The van der Waals surface area contributed by atoms with E-state index < -0.39 is 0 Å². The average Bonchev–Trinajstić information content (AvgIpc) is 2.76. The number of benzene rings is 2. The number of aromatic nitrogens is 2. The molecule has 4 rings (SSSR count). The molecule has 29 heavy (non-hydrogen) atoms. The maximum atomic E-state index is 12.8. The van der Waals surface area contributed by atoms with E-state index in [-0.39, 0.29) is 24.1 Å². The molecule has 7 heteroatoms. The minimum atomic E-state index is -0.185. The molecule has 1 aromatic heterocycles. The van der Waals surface area contributed by atoms with Gasteiger partial charge in [0.25, 0.3) is 5.56 Å². The number of nitrogens with zero attached hydrogens (tertiary/aromatic N) is 4. The molecule has 1 atom stereocenters. The van der Waals surface area contributed by atoms with Crippen molar-refractivity contribution in [3.8, 4) is 0 Å². The molecule has 0 radical (unpaired) electrons. The van der Waals surface area contributed by atoms with Crippen LogP contribution in [0, 0.1) is 0 Å². The molecule has 1 aliphatic rings. The molecule has 2 heterocycles. The molecule has 1 unspecified atom stereocenters. The average molecular weight is 411 g/mol. The fourth-order valence-electron chi connectivity index (χ4n) is 3.83. The van der Waals surface area contributed by atoms with Crippen LogP contribution in [0.4, 0.5) is 0 Å². The summed E-state index contributed by atoms with van der Waals surface area (Å²) in [5.41, 5.74) is 1.56. The minimum absolute atomic E-state index is 0.0106. The summed E-state index contributed by atoms with van der Waals surface area (Å²) in [6.45, 7) is 4.94. The summed E-state index contributed by atoms with van der Waals surface area (Å²) in [5, 5.41) is 1.29. The molecule has 0 saturated carbocycles. The first kappa shape index (κ1) is 19.6. The molecule has 1 amide bonds. The van der Waals surface area contributed by atoms with E-state index in [0.717, 1.165) is 23.7 Å². The SMILES string of the molecule is CC(c1ccccc1Cl)N1CCN(C(=O)Cn2cnc3ccccc3c2=O)CC1. The van der Waals surface area contributed by atoms with Crippen LogP contribution in [-0.4, -0.2) is 51.4 Å². The molecule has 1 aliphatic heterocycles. The van der Waals surface area contributed by atoms with Gasteiger partial charge in [0.05, 0.1) is 17.2 Å². The van der Waals surface area contributed by atoms with Crippen molar-refractivity contribution in [3.63, 3.8) is 0 Å². The lowest BCUT2D eigenvalue weighted by molar-refractivity contribution is -0.134. The Hall–Kier alpha value is -2.70. The minimum Gasteiger partial charge on any atom is -0.339 e. The summed E-state index contributed by atoms with van der Waals surface area (Å²) >= 11 is 6.33. The Bertz CT molecular complexity index is 1090. The van der Waals surface area contributed by atoms with Crippen molar-refractivity contribution < 1.29 is 4.79 Å². The van der Waals surface area contributed by atoms with Gasteiger partial charge in [-0.25, -0.2) is 4.98 Å². The van der Waals surface area contributed by atoms with Crippen molar-refractivity contribution in [2.75, 3.05) is 26.2 Å². The van der Waals surface area contributed by atoms with Crippen LogP contribution >= 0.6 is 11.6 Å². The van der Waals surface area contributed by atoms with E-state index >= 15 is 0 Å². The molecule has 0 aliphatic carbocycles. The molecule has 0 N–H and O–H groups in total. The number of piperazine rings is 1. The highest BCUT2D eigenvalue weighted by Crippen LogP contribution is 2.27. The molecule has 2 aromatic carbocycles. The van der Waals surface area contributed by atoms with Gasteiger partial charge in [-0.05, 0) is 30.7 Å². The topological polar surface area (TPSA) is 58.4 Å². The van der Waals surface area contributed by atoms with Crippen LogP contribution in [-0.2, 0) is 11.3 Å². The quantitative estimate of drug-likeness (QED) is 0.663. The molecule has 1 saturated heterocycles. The van der Waals surface area contributed by atoms with E-state index in [1.807, 2.05) is 35.2 Å². The summed E-state index contributed by atoms with van der Waals surface area (Å²) in [4.78, 5) is 33.8. The summed E-state index contributed by atoms with van der Waals surface area (Å²) < 4.78 is 1.39. The maximum absolute atomic E-state index is 12.8. The van der Waals surface area contributed by atoms with Gasteiger partial charge in [0.2, 0.25) is 5.91 Å². The van der Waals surface area contributed by atoms with Crippen molar-refractivity contribution in [2.24, 2.45) is 0 Å². The predicted octanol–water partition coefficient (Wildman–Crippen LogP) is 2.96. The zero-order valence-electron chi connectivity index (χ0n) is 16.3. The molecular formula is C22H23ClN4O2. The number of carbonyl (C=O) groups excluding carboxylic acids is 1. The van der Waals surface area contributed by atoms with E-state index in [4.69, 9.17) is 11.6 Å². The largest absolute Gasteiger partial charge is 0.339 e. The van der Waals surface area contributed by atoms with Crippen molar-refractivity contribution in [1.82, 2.24) is 19.4 Å². The van der Waals surface area contributed by atoms with Crippen LogP contribution in [0.25, 0.3) is 10.9 Å². The molecule has 1 fully saturated rings. The molecule has 3 aromatic rings. The van der Waals surface area contributed by atoms with Crippen molar-refractivity contribution in [2.45, 2.75) is 19.5 Å². The van der Waals surface area contributed by atoms with Gasteiger partial charge in [-0.3, -0.25) is 19.1 Å². The highest BCUT2D eigenvalue weighted by molar-refractivity contribution is 6.31. The van der Waals surface area contributed by atoms with Gasteiger partial charge in [0.1, 0.15) is 6.54 Å². The summed E-state index contributed by atoms with van der Waals surface area (Å²) in [5.74, 6) is -0.0609. The zero-order valence-corrected chi connectivity index (χ0v) is 17.0. The van der Waals surface area contributed by atoms with Crippen LogP contribution in [0.3, 0.4) is 0 Å². The van der Waals surface area contributed by atoms with E-state index in [1.54, 1.807) is 18.2 Å². The predicted molar refractivity (Wildman–Crippen MR) is 114 cm³/mol. The third-order valence-electron chi connectivity index (χ3n) is 5.61. The second kappa shape index (κ2) is 8.35. The number of para-hydroxylation sites is 1.